The molecule has 0 bridgehead atoms. The summed E-state index contributed by atoms with van der Waals surface area (Å²) in [4.78, 5) is 101. The van der Waals surface area contributed by atoms with E-state index in [1.165, 1.54) is 0 Å². The van der Waals surface area contributed by atoms with E-state index in [-0.39, 0.29) is 19.4 Å². The topological polar surface area (TPSA) is 309 Å². The number of nitrogens with one attached hydrogen (secondary N) is 5. The number of carboxylic acid groups (broad SMARTS) is 3. The summed E-state index contributed by atoms with van der Waals surface area (Å²) >= 11 is 0. The maximum atomic E-state index is 13.6. The highest BCUT2D eigenvalue weighted by molar-refractivity contribution is 5.98. The fourth-order valence-corrected chi connectivity index (χ4v) is 5.03. The van der Waals surface area contributed by atoms with Crippen LogP contribution in [0.25, 0.3) is 0 Å². The van der Waals surface area contributed by atoms with Crippen LogP contribution in [0.3, 0.4) is 0 Å². The highest BCUT2D eigenvalue weighted by atomic mass is 16.4. The van der Waals surface area contributed by atoms with Crippen LogP contribution >= 0.6 is 0 Å². The quantitative estimate of drug-likeness (QED) is 0.0562. The highest BCUT2D eigenvalue weighted by Gasteiger charge is 2.36. The van der Waals surface area contributed by atoms with E-state index in [2.05, 4.69) is 26.6 Å². The molecule has 5 amide bonds. The van der Waals surface area contributed by atoms with E-state index in [0.29, 0.717) is 19.3 Å². The normalized spacial score (nSPS) is 15.1. The van der Waals surface area contributed by atoms with Gasteiger partial charge in [0.15, 0.2) is 0 Å². The molecule has 0 aliphatic carbocycles. The predicted octanol–water partition coefficient (Wildman–Crippen LogP) is -1.15. The maximum absolute atomic E-state index is 13.6. The van der Waals surface area contributed by atoms with Crippen molar-refractivity contribution < 1.29 is 53.7 Å². The van der Waals surface area contributed by atoms with Gasteiger partial charge >= 0.3 is 17.9 Å². The summed E-state index contributed by atoms with van der Waals surface area (Å²) in [6.45, 7) is 6.95. The zero-order valence-electron chi connectivity index (χ0n) is 29.9. The van der Waals surface area contributed by atoms with Gasteiger partial charge in [-0.3, -0.25) is 33.6 Å². The van der Waals surface area contributed by atoms with E-state index in [9.17, 15) is 53.7 Å². The average molecular weight is 736 g/mol. The minimum absolute atomic E-state index is 0.0335. The molecule has 18 nitrogen and oxygen atoms in total. The fourth-order valence-electron chi connectivity index (χ4n) is 5.03. The summed E-state index contributed by atoms with van der Waals surface area (Å²) < 4.78 is 0. The van der Waals surface area contributed by atoms with E-state index in [0.717, 1.165) is 5.56 Å². The number of carboxylic acids is 3. The van der Waals surface area contributed by atoms with Gasteiger partial charge in [0.2, 0.25) is 29.5 Å². The van der Waals surface area contributed by atoms with Gasteiger partial charge in [0.25, 0.3) is 0 Å². The highest BCUT2D eigenvalue weighted by Crippen LogP contribution is 2.12. The third-order valence-corrected chi connectivity index (χ3v) is 8.26. The van der Waals surface area contributed by atoms with Crippen molar-refractivity contribution >= 4 is 47.4 Å². The van der Waals surface area contributed by atoms with Crippen LogP contribution in [0, 0.1) is 11.8 Å². The van der Waals surface area contributed by atoms with Gasteiger partial charge in [0.05, 0.1) is 18.9 Å². The molecular formula is C34H53N7O11. The van der Waals surface area contributed by atoms with Crippen LogP contribution in [0.1, 0.15) is 71.8 Å². The molecule has 0 spiro atoms. The molecule has 0 aromatic heterocycles. The van der Waals surface area contributed by atoms with Crippen LogP contribution in [-0.2, 0) is 44.8 Å². The third-order valence-electron chi connectivity index (χ3n) is 8.26. The number of hydrogen-bond donors (Lipinski definition) is 10. The van der Waals surface area contributed by atoms with Crippen LogP contribution in [0.15, 0.2) is 30.3 Å². The van der Waals surface area contributed by atoms with Gasteiger partial charge in [0.1, 0.15) is 30.2 Å². The monoisotopic (exact) mass is 735 g/mol. The first kappa shape index (κ1) is 44.9. The lowest BCUT2D eigenvalue weighted by atomic mass is 9.95. The van der Waals surface area contributed by atoms with Crippen molar-refractivity contribution in [3.8, 4) is 0 Å². The molecule has 0 saturated carbocycles. The average Bonchev–Trinajstić information content (AvgIpc) is 3.07. The zero-order chi connectivity index (χ0) is 39.5. The van der Waals surface area contributed by atoms with Gasteiger partial charge in [-0.2, -0.15) is 0 Å². The van der Waals surface area contributed by atoms with Crippen LogP contribution in [0.4, 0.5) is 0 Å². The standard InChI is InChI=1S/C34H53N7O11/c1-5-19(4)28(41-32(49)27(18(2)3)40-29(46)21(36)15-20-11-7-6-8-12-20)33(50)39-24(17-26(44)45)31(48)38-23(16-25(42)43)30(47)37-22(34(51)52)13-9-10-14-35/h6-8,11-12,18-19,21-24,27-28H,5,9-10,13-17,35-36H2,1-4H3,(H,37,47)(H,38,48)(H,39,50)(H,40,46)(H,41,49)(H,42,43)(H,44,45)(H,51,52)/t19-,21-,22-,23-,24-,27-,28-/m0/s1. The number of aliphatic carboxylic acids is 3. The van der Waals surface area contributed by atoms with Crippen molar-refractivity contribution in [3.05, 3.63) is 35.9 Å². The Morgan fingerprint density at radius 1 is 0.654 bits per heavy atom. The molecule has 0 heterocycles. The molecule has 7 atom stereocenters. The smallest absolute Gasteiger partial charge is 0.326 e. The van der Waals surface area contributed by atoms with Gasteiger partial charge in [-0.25, -0.2) is 4.79 Å². The summed E-state index contributed by atoms with van der Waals surface area (Å²) in [5.41, 5.74) is 12.3. The molecule has 52 heavy (non-hydrogen) atoms. The first-order valence-electron chi connectivity index (χ1n) is 17.1. The van der Waals surface area contributed by atoms with E-state index < -0.39 is 108 Å². The number of unbranched alkanes of at least 4 members (excludes halogenated alkanes) is 1. The fraction of sp³-hybridized carbons (Fsp3) is 0.588. The molecule has 1 aromatic rings. The van der Waals surface area contributed by atoms with Gasteiger partial charge in [-0.05, 0) is 49.6 Å². The molecule has 0 aliphatic heterocycles. The molecule has 1 rings (SSSR count). The molecule has 0 fully saturated rings. The van der Waals surface area contributed by atoms with E-state index in [1.807, 2.05) is 6.07 Å². The Bertz CT molecular complexity index is 1390. The number of rotatable bonds is 24. The van der Waals surface area contributed by atoms with Crippen LogP contribution in [0.2, 0.25) is 0 Å². The number of carbonyl (C=O) groups is 8. The lowest BCUT2D eigenvalue weighted by Gasteiger charge is -2.30. The van der Waals surface area contributed by atoms with Gasteiger partial charge in [0, 0.05) is 0 Å². The van der Waals surface area contributed by atoms with Crippen molar-refractivity contribution in [1.82, 2.24) is 26.6 Å². The molecule has 290 valence electrons. The van der Waals surface area contributed by atoms with Gasteiger partial charge in [-0.15, -0.1) is 0 Å². The van der Waals surface area contributed by atoms with Crippen LogP contribution in [0.5, 0.6) is 0 Å². The van der Waals surface area contributed by atoms with Gasteiger partial charge < -0.3 is 53.4 Å². The summed E-state index contributed by atoms with van der Waals surface area (Å²) in [5.74, 6) is -10.2. The summed E-state index contributed by atoms with van der Waals surface area (Å²) in [6.07, 6.45) is -0.701. The third kappa shape index (κ3) is 15.8. The largest absolute Gasteiger partial charge is 0.481 e. The lowest BCUT2D eigenvalue weighted by molar-refractivity contribution is -0.145. The summed E-state index contributed by atoms with van der Waals surface area (Å²) in [7, 11) is 0. The zero-order valence-corrected chi connectivity index (χ0v) is 29.9. The van der Waals surface area contributed by atoms with Crippen molar-refractivity contribution in [2.45, 2.75) is 109 Å². The maximum Gasteiger partial charge on any atom is 0.326 e. The van der Waals surface area contributed by atoms with E-state index >= 15 is 0 Å². The second-order valence-corrected chi connectivity index (χ2v) is 12.9. The van der Waals surface area contributed by atoms with Crippen molar-refractivity contribution in [1.29, 1.82) is 0 Å². The van der Waals surface area contributed by atoms with Crippen LogP contribution in [-0.4, -0.2) is 106 Å². The number of amides is 5. The molecule has 0 saturated heterocycles. The van der Waals surface area contributed by atoms with Gasteiger partial charge in [-0.1, -0.05) is 64.4 Å². The number of hydrogen-bond acceptors (Lipinski definition) is 10. The molecular weight excluding hydrogens is 682 g/mol. The Morgan fingerprint density at radius 3 is 1.60 bits per heavy atom. The number of carbonyl (C=O) groups excluding carboxylic acids is 5. The summed E-state index contributed by atoms with van der Waals surface area (Å²) in [6, 6.07) is 0.427. The molecule has 0 aliphatic rings. The first-order chi connectivity index (χ1) is 24.4. The van der Waals surface area contributed by atoms with Crippen molar-refractivity contribution in [2.75, 3.05) is 6.54 Å². The van der Waals surface area contributed by atoms with Crippen molar-refractivity contribution in [3.63, 3.8) is 0 Å². The molecule has 18 heteroatoms. The second-order valence-electron chi connectivity index (χ2n) is 12.9. The van der Waals surface area contributed by atoms with Crippen LogP contribution < -0.4 is 38.1 Å². The van der Waals surface area contributed by atoms with E-state index in [4.69, 9.17) is 11.5 Å². The number of nitrogens with two attached hydrogens (primary N) is 2. The Labute approximate surface area is 302 Å². The molecule has 1 aromatic carbocycles. The summed E-state index contributed by atoms with van der Waals surface area (Å²) in [5, 5.41) is 40.2. The Balaban J connectivity index is 3.19. The Kier molecular flexibility index (Phi) is 19.6. The minimum Gasteiger partial charge on any atom is -0.481 e. The lowest BCUT2D eigenvalue weighted by Crippen LogP contribution is -2.61. The van der Waals surface area contributed by atoms with E-state index in [1.54, 1.807) is 52.0 Å². The molecule has 12 N–H and O–H groups in total. The Hall–Kier alpha value is -5.10. The SMILES string of the molecule is CC[C@H](C)[C@H](NC(=O)[C@@H](NC(=O)[C@@H](N)Cc1ccccc1)C(C)C)C(=O)N[C@@H](CC(=O)O)C(=O)N[C@@H](CC(=O)O)C(=O)N[C@@H](CCCCN)C(=O)O. The second kappa shape index (κ2) is 22.7. The number of benzene rings is 1. The predicted molar refractivity (Wildman–Crippen MR) is 187 cm³/mol. The first-order valence-corrected chi connectivity index (χ1v) is 17.1. The molecule has 0 radical (unpaired) electrons. The Morgan fingerprint density at radius 2 is 1.13 bits per heavy atom. The minimum atomic E-state index is -1.85. The molecule has 0 unspecified atom stereocenters. The van der Waals surface area contributed by atoms with Crippen molar-refractivity contribution in [2.24, 2.45) is 23.3 Å².